The number of nitrogens with one attached hydrogen (secondary N) is 1. The van der Waals surface area contributed by atoms with Gasteiger partial charge in [-0.1, -0.05) is 11.6 Å². The lowest BCUT2D eigenvalue weighted by Crippen LogP contribution is -2.07. The standard InChI is InChI=1S/C17H11ClF3N5O/c1-9-7-14(23-12-8-10(17(19,20)21)4-5-11(12)18)26-16(22-9)24-15(25-26)13-3-2-6-27-13/h2-8,23H,1H3. The van der Waals surface area contributed by atoms with Gasteiger partial charge in [0.15, 0.2) is 5.76 Å². The van der Waals surface area contributed by atoms with Crippen molar-refractivity contribution in [1.82, 2.24) is 19.6 Å². The number of halogens is 4. The molecule has 1 aromatic carbocycles. The lowest BCUT2D eigenvalue weighted by molar-refractivity contribution is -0.137. The summed E-state index contributed by atoms with van der Waals surface area (Å²) >= 11 is 6.07. The molecule has 0 aliphatic rings. The maximum atomic E-state index is 13.0. The average Bonchev–Trinajstić information content (AvgIpc) is 3.24. The van der Waals surface area contributed by atoms with Gasteiger partial charge in [-0.15, -0.1) is 5.10 Å². The zero-order chi connectivity index (χ0) is 19.2. The molecule has 3 aromatic heterocycles. The molecule has 3 heterocycles. The fourth-order valence-electron chi connectivity index (χ4n) is 2.52. The molecular weight excluding hydrogens is 383 g/mol. The van der Waals surface area contributed by atoms with Crippen molar-refractivity contribution >= 4 is 28.9 Å². The fourth-order valence-corrected chi connectivity index (χ4v) is 2.69. The summed E-state index contributed by atoms with van der Waals surface area (Å²) in [5, 5.41) is 7.34. The molecule has 0 unspecified atom stereocenters. The van der Waals surface area contributed by atoms with Gasteiger partial charge in [-0.25, -0.2) is 4.98 Å². The number of anilines is 2. The summed E-state index contributed by atoms with van der Waals surface area (Å²) in [4.78, 5) is 8.57. The van der Waals surface area contributed by atoms with Crippen LogP contribution >= 0.6 is 11.6 Å². The summed E-state index contributed by atoms with van der Waals surface area (Å²) in [7, 11) is 0. The predicted molar refractivity (Wildman–Crippen MR) is 93.0 cm³/mol. The molecule has 0 saturated carbocycles. The van der Waals surface area contributed by atoms with Crippen LogP contribution in [-0.4, -0.2) is 19.6 Å². The third kappa shape index (κ3) is 3.33. The van der Waals surface area contributed by atoms with Crippen LogP contribution in [0.15, 0.2) is 47.1 Å². The number of aryl methyl sites for hydroxylation is 1. The number of nitrogens with zero attached hydrogens (tertiary/aromatic N) is 4. The van der Waals surface area contributed by atoms with Crippen LogP contribution in [0.5, 0.6) is 0 Å². The minimum atomic E-state index is -4.48. The van der Waals surface area contributed by atoms with E-state index < -0.39 is 11.7 Å². The Bertz CT molecular complexity index is 1120. The first-order valence-electron chi connectivity index (χ1n) is 7.73. The number of fused-ring (bicyclic) bond motifs is 1. The second-order valence-corrected chi connectivity index (χ2v) is 6.13. The molecule has 0 radical (unpaired) electrons. The summed E-state index contributed by atoms with van der Waals surface area (Å²) in [6, 6.07) is 8.07. The van der Waals surface area contributed by atoms with E-state index in [1.165, 1.54) is 16.8 Å². The molecule has 0 aliphatic carbocycles. The van der Waals surface area contributed by atoms with Gasteiger partial charge in [0.2, 0.25) is 5.82 Å². The number of alkyl halides is 3. The molecule has 0 fully saturated rings. The van der Waals surface area contributed by atoms with Crippen molar-refractivity contribution in [3.8, 4) is 11.6 Å². The Kier molecular flexibility index (Phi) is 4.03. The van der Waals surface area contributed by atoms with Gasteiger partial charge in [0.25, 0.3) is 5.78 Å². The highest BCUT2D eigenvalue weighted by Crippen LogP contribution is 2.35. The highest BCUT2D eigenvalue weighted by atomic mass is 35.5. The van der Waals surface area contributed by atoms with Crippen molar-refractivity contribution in [2.24, 2.45) is 0 Å². The number of aromatic nitrogens is 4. The smallest absolute Gasteiger partial charge is 0.416 e. The Hall–Kier alpha value is -3.07. The van der Waals surface area contributed by atoms with Gasteiger partial charge in [-0.2, -0.15) is 22.7 Å². The number of hydrogen-bond donors (Lipinski definition) is 1. The second kappa shape index (κ2) is 6.27. The zero-order valence-electron chi connectivity index (χ0n) is 13.8. The van der Waals surface area contributed by atoms with Gasteiger partial charge >= 0.3 is 6.18 Å². The first-order valence-corrected chi connectivity index (χ1v) is 8.11. The van der Waals surface area contributed by atoms with Crippen LogP contribution < -0.4 is 5.32 Å². The van der Waals surface area contributed by atoms with Crippen molar-refractivity contribution < 1.29 is 17.6 Å². The summed E-state index contributed by atoms with van der Waals surface area (Å²) in [6.45, 7) is 1.74. The Balaban J connectivity index is 1.80. The molecule has 0 saturated heterocycles. The summed E-state index contributed by atoms with van der Waals surface area (Å²) in [6.07, 6.45) is -2.99. The third-order valence-electron chi connectivity index (χ3n) is 3.74. The minimum absolute atomic E-state index is 0.0911. The second-order valence-electron chi connectivity index (χ2n) is 5.72. The first kappa shape index (κ1) is 17.3. The third-order valence-corrected chi connectivity index (χ3v) is 4.07. The van der Waals surface area contributed by atoms with Gasteiger partial charge in [0, 0.05) is 11.8 Å². The van der Waals surface area contributed by atoms with Crippen LogP contribution in [0.25, 0.3) is 17.4 Å². The fraction of sp³-hybridized carbons (Fsp3) is 0.118. The topological polar surface area (TPSA) is 68.2 Å². The summed E-state index contributed by atoms with van der Waals surface area (Å²) in [5.74, 6) is 1.38. The Morgan fingerprint density at radius 2 is 1.96 bits per heavy atom. The molecule has 27 heavy (non-hydrogen) atoms. The molecule has 0 atom stereocenters. The maximum Gasteiger partial charge on any atom is 0.416 e. The van der Waals surface area contributed by atoms with Crippen molar-refractivity contribution in [3.63, 3.8) is 0 Å². The van der Waals surface area contributed by atoms with Crippen LogP contribution in [0.1, 0.15) is 11.3 Å². The molecule has 1 N–H and O–H groups in total. The van der Waals surface area contributed by atoms with Crippen molar-refractivity contribution in [1.29, 1.82) is 0 Å². The van der Waals surface area contributed by atoms with Gasteiger partial charge in [0.1, 0.15) is 5.82 Å². The van der Waals surface area contributed by atoms with Crippen LogP contribution in [0.3, 0.4) is 0 Å². The lowest BCUT2D eigenvalue weighted by atomic mass is 10.2. The monoisotopic (exact) mass is 393 g/mol. The predicted octanol–water partition coefficient (Wildman–Crippen LogP) is 5.11. The SMILES string of the molecule is Cc1cc(Nc2cc(C(F)(F)F)ccc2Cl)n2nc(-c3ccco3)nc2n1. The number of benzene rings is 1. The molecule has 0 aliphatic heterocycles. The molecule has 10 heteroatoms. The molecule has 138 valence electrons. The van der Waals surface area contributed by atoms with E-state index >= 15 is 0 Å². The van der Waals surface area contributed by atoms with E-state index in [1.807, 2.05) is 0 Å². The quantitative estimate of drug-likeness (QED) is 0.524. The van der Waals surface area contributed by atoms with Crippen molar-refractivity contribution in [2.45, 2.75) is 13.1 Å². The molecule has 6 nitrogen and oxygen atoms in total. The molecule has 0 spiro atoms. The largest absolute Gasteiger partial charge is 0.461 e. The summed E-state index contributed by atoms with van der Waals surface area (Å²) in [5.41, 5.74) is -0.119. The highest BCUT2D eigenvalue weighted by Gasteiger charge is 2.31. The average molecular weight is 394 g/mol. The van der Waals surface area contributed by atoms with Gasteiger partial charge < -0.3 is 9.73 Å². The number of hydrogen-bond acceptors (Lipinski definition) is 5. The van der Waals surface area contributed by atoms with E-state index in [0.29, 0.717) is 23.1 Å². The van der Waals surface area contributed by atoms with Crippen molar-refractivity contribution in [3.05, 3.63) is 58.9 Å². The Morgan fingerprint density at radius 1 is 1.15 bits per heavy atom. The maximum absolute atomic E-state index is 13.0. The molecule has 4 rings (SSSR count). The van der Waals surface area contributed by atoms with Crippen LogP contribution in [-0.2, 0) is 6.18 Å². The van der Waals surface area contributed by atoms with E-state index in [0.717, 1.165) is 12.1 Å². The zero-order valence-corrected chi connectivity index (χ0v) is 14.5. The van der Waals surface area contributed by atoms with Gasteiger partial charge in [0.05, 0.1) is 22.5 Å². The van der Waals surface area contributed by atoms with Crippen LogP contribution in [0.2, 0.25) is 5.02 Å². The molecule has 0 amide bonds. The van der Waals surface area contributed by atoms with Crippen LogP contribution in [0, 0.1) is 6.92 Å². The summed E-state index contributed by atoms with van der Waals surface area (Å²) < 4.78 is 45.6. The number of furan rings is 1. The van der Waals surface area contributed by atoms with E-state index in [4.69, 9.17) is 16.0 Å². The molecule has 0 bridgehead atoms. The van der Waals surface area contributed by atoms with E-state index in [2.05, 4.69) is 20.4 Å². The van der Waals surface area contributed by atoms with E-state index in [-0.39, 0.29) is 16.5 Å². The van der Waals surface area contributed by atoms with Crippen molar-refractivity contribution in [2.75, 3.05) is 5.32 Å². The molecular formula is C17H11ClF3N5O. The Morgan fingerprint density at radius 3 is 2.67 bits per heavy atom. The van der Waals surface area contributed by atoms with E-state index in [9.17, 15) is 13.2 Å². The number of rotatable bonds is 3. The minimum Gasteiger partial charge on any atom is -0.461 e. The van der Waals surface area contributed by atoms with E-state index in [1.54, 1.807) is 25.1 Å². The van der Waals surface area contributed by atoms with Gasteiger partial charge in [-0.05, 0) is 37.3 Å². The lowest BCUT2D eigenvalue weighted by Gasteiger charge is -2.13. The highest BCUT2D eigenvalue weighted by molar-refractivity contribution is 6.33. The van der Waals surface area contributed by atoms with Gasteiger partial charge in [-0.3, -0.25) is 0 Å². The normalized spacial score (nSPS) is 11.9. The Labute approximate surface area is 155 Å². The molecule has 4 aromatic rings. The first-order chi connectivity index (χ1) is 12.8. The van der Waals surface area contributed by atoms with Crippen LogP contribution in [0.4, 0.5) is 24.7 Å².